The molecule has 0 aromatic carbocycles. The van der Waals surface area contributed by atoms with E-state index in [-0.39, 0.29) is 12.5 Å². The standard InChI is InChI=1S/C24H24FN9O/c1-12-15(9-30-23-17(25)3-5-28-22(12)23)18-6-13-7-19(29-10-16(13)24(26)31-18)32-20-8-14-2-4-27-21(35)11-34(14)33-20/h6-10,17,28H,2-5,11H2,1H3,(H2,26,31)(H,27,35)(H,29,32,33)/t17-/m1/s1. The number of hydrogen-bond donors (Lipinski definition) is 4. The van der Waals surface area contributed by atoms with Gasteiger partial charge in [-0.1, -0.05) is 0 Å². The van der Waals surface area contributed by atoms with Crippen LogP contribution in [0.25, 0.3) is 22.0 Å². The van der Waals surface area contributed by atoms with Crippen LogP contribution in [0.2, 0.25) is 0 Å². The third-order valence-electron chi connectivity index (χ3n) is 6.50. The SMILES string of the molecule is Cc1c(-c2cc3cc(Nc4cc5n(n4)CC(=O)NCC5)ncc3c(N)n2)cnc2c1NCC[C@H]2F. The molecule has 0 aliphatic carbocycles. The summed E-state index contributed by atoms with van der Waals surface area (Å²) in [5.41, 5.74) is 10.8. The smallest absolute Gasteiger partial charge is 0.241 e. The lowest BCUT2D eigenvalue weighted by Crippen LogP contribution is -2.25. The summed E-state index contributed by atoms with van der Waals surface area (Å²) in [7, 11) is 0. The molecule has 0 spiro atoms. The molecule has 11 heteroatoms. The summed E-state index contributed by atoms with van der Waals surface area (Å²) >= 11 is 0. The lowest BCUT2D eigenvalue weighted by molar-refractivity contribution is -0.121. The molecule has 6 heterocycles. The number of nitrogens with two attached hydrogens (primary N) is 1. The number of fused-ring (bicyclic) bond motifs is 3. The molecule has 0 unspecified atom stereocenters. The van der Waals surface area contributed by atoms with Crippen LogP contribution < -0.4 is 21.7 Å². The van der Waals surface area contributed by atoms with Gasteiger partial charge in [-0.25, -0.2) is 14.4 Å². The van der Waals surface area contributed by atoms with Crippen LogP contribution in [-0.4, -0.2) is 43.7 Å². The highest BCUT2D eigenvalue weighted by Crippen LogP contribution is 2.38. The van der Waals surface area contributed by atoms with Crippen LogP contribution in [0, 0.1) is 6.92 Å². The molecule has 0 saturated heterocycles. The summed E-state index contributed by atoms with van der Waals surface area (Å²) in [4.78, 5) is 25.2. The molecule has 4 aromatic rings. The normalized spacial score (nSPS) is 17.2. The average Bonchev–Trinajstić information content (AvgIpc) is 3.11. The van der Waals surface area contributed by atoms with Gasteiger partial charge in [-0.05, 0) is 30.0 Å². The van der Waals surface area contributed by atoms with Crippen molar-refractivity contribution >= 4 is 39.8 Å². The molecular formula is C24H24FN9O. The van der Waals surface area contributed by atoms with Gasteiger partial charge in [-0.15, -0.1) is 0 Å². The fraction of sp³-hybridized carbons (Fsp3) is 0.292. The van der Waals surface area contributed by atoms with Gasteiger partial charge >= 0.3 is 0 Å². The van der Waals surface area contributed by atoms with Gasteiger partial charge in [0.1, 0.15) is 24.4 Å². The lowest BCUT2D eigenvalue weighted by Gasteiger charge is -2.23. The number of alkyl halides is 1. The number of amides is 1. The van der Waals surface area contributed by atoms with Crippen molar-refractivity contribution in [1.82, 2.24) is 30.0 Å². The highest BCUT2D eigenvalue weighted by molar-refractivity contribution is 5.95. The molecule has 0 bridgehead atoms. The van der Waals surface area contributed by atoms with Crippen molar-refractivity contribution in [1.29, 1.82) is 0 Å². The van der Waals surface area contributed by atoms with E-state index in [1.807, 2.05) is 25.1 Å². The first-order chi connectivity index (χ1) is 17.0. The molecule has 10 nitrogen and oxygen atoms in total. The highest BCUT2D eigenvalue weighted by Gasteiger charge is 2.24. The Bertz CT molecular complexity index is 1480. The van der Waals surface area contributed by atoms with Gasteiger partial charge < -0.3 is 21.7 Å². The third kappa shape index (κ3) is 3.78. The number of nitrogens with zero attached hydrogens (tertiary/aromatic N) is 5. The molecule has 2 aliphatic heterocycles. The topological polar surface area (TPSA) is 136 Å². The van der Waals surface area contributed by atoms with E-state index in [9.17, 15) is 9.18 Å². The monoisotopic (exact) mass is 473 g/mol. The van der Waals surface area contributed by atoms with Crippen molar-refractivity contribution < 1.29 is 9.18 Å². The van der Waals surface area contributed by atoms with Crippen molar-refractivity contribution in [2.24, 2.45) is 0 Å². The zero-order valence-electron chi connectivity index (χ0n) is 19.1. The Morgan fingerprint density at radius 2 is 2.03 bits per heavy atom. The molecule has 0 saturated carbocycles. The van der Waals surface area contributed by atoms with Crippen molar-refractivity contribution in [2.45, 2.75) is 32.5 Å². The van der Waals surface area contributed by atoms with E-state index in [0.717, 1.165) is 33.3 Å². The maximum Gasteiger partial charge on any atom is 0.241 e. The van der Waals surface area contributed by atoms with Gasteiger partial charge in [0.05, 0.1) is 17.1 Å². The minimum atomic E-state index is -1.07. The van der Waals surface area contributed by atoms with E-state index in [1.54, 1.807) is 17.1 Å². The van der Waals surface area contributed by atoms with E-state index in [4.69, 9.17) is 5.73 Å². The van der Waals surface area contributed by atoms with E-state index in [0.29, 0.717) is 54.8 Å². The zero-order valence-corrected chi connectivity index (χ0v) is 19.1. The van der Waals surface area contributed by atoms with Crippen molar-refractivity contribution in [3.05, 3.63) is 47.5 Å². The Morgan fingerprint density at radius 3 is 2.91 bits per heavy atom. The number of hydrogen-bond acceptors (Lipinski definition) is 8. The van der Waals surface area contributed by atoms with E-state index >= 15 is 0 Å². The Balaban J connectivity index is 1.35. The average molecular weight is 474 g/mol. The predicted octanol–water partition coefficient (Wildman–Crippen LogP) is 3.02. The summed E-state index contributed by atoms with van der Waals surface area (Å²) < 4.78 is 16.0. The Kier molecular flexibility index (Phi) is 4.97. The second-order valence-electron chi connectivity index (χ2n) is 8.83. The van der Waals surface area contributed by atoms with Gasteiger partial charge in [0.15, 0.2) is 5.82 Å². The number of halogens is 1. The number of rotatable bonds is 3. The van der Waals surface area contributed by atoms with Crippen LogP contribution in [0.15, 0.2) is 30.6 Å². The fourth-order valence-corrected chi connectivity index (χ4v) is 4.69. The molecule has 178 valence electrons. The van der Waals surface area contributed by atoms with Crippen LogP contribution in [0.4, 0.5) is 27.5 Å². The Hall–Kier alpha value is -4.28. The summed E-state index contributed by atoms with van der Waals surface area (Å²) in [5, 5.41) is 15.4. The molecule has 4 aromatic heterocycles. The van der Waals surface area contributed by atoms with Crippen LogP contribution in [0.1, 0.15) is 29.5 Å². The van der Waals surface area contributed by atoms with Crippen molar-refractivity contribution in [2.75, 3.05) is 29.5 Å². The van der Waals surface area contributed by atoms with Crippen molar-refractivity contribution in [3.8, 4) is 11.3 Å². The molecule has 6 rings (SSSR count). The number of carbonyl (C=O) groups is 1. The lowest BCUT2D eigenvalue weighted by atomic mass is 9.98. The number of nitrogens with one attached hydrogen (secondary N) is 3. The van der Waals surface area contributed by atoms with Gasteiger partial charge in [-0.2, -0.15) is 5.10 Å². The first kappa shape index (κ1) is 21.3. The first-order valence-electron chi connectivity index (χ1n) is 11.5. The third-order valence-corrected chi connectivity index (χ3v) is 6.50. The summed E-state index contributed by atoms with van der Waals surface area (Å²) in [6.45, 7) is 3.29. The van der Waals surface area contributed by atoms with E-state index in [1.165, 1.54) is 0 Å². The quantitative estimate of drug-likeness (QED) is 0.357. The first-order valence-corrected chi connectivity index (χ1v) is 11.5. The summed E-state index contributed by atoms with van der Waals surface area (Å²) in [5.74, 6) is 1.51. The summed E-state index contributed by atoms with van der Waals surface area (Å²) in [6.07, 6.45) is 3.39. The molecule has 5 N–H and O–H groups in total. The van der Waals surface area contributed by atoms with E-state index in [2.05, 4.69) is 36.0 Å². The Morgan fingerprint density at radius 1 is 1.14 bits per heavy atom. The van der Waals surface area contributed by atoms with Gasteiger partial charge in [-0.3, -0.25) is 14.5 Å². The number of nitrogen functional groups attached to an aromatic ring is 1. The number of pyridine rings is 3. The van der Waals surface area contributed by atoms with Gasteiger partial charge in [0.2, 0.25) is 5.91 Å². The largest absolute Gasteiger partial charge is 0.383 e. The van der Waals surface area contributed by atoms with Crippen LogP contribution in [0.5, 0.6) is 0 Å². The number of anilines is 4. The molecule has 1 amide bonds. The minimum Gasteiger partial charge on any atom is -0.383 e. The summed E-state index contributed by atoms with van der Waals surface area (Å²) in [6, 6.07) is 5.73. The van der Waals surface area contributed by atoms with Crippen LogP contribution in [-0.2, 0) is 17.8 Å². The van der Waals surface area contributed by atoms with Gasteiger partial charge in [0, 0.05) is 61.0 Å². The molecule has 1 atom stereocenters. The number of aromatic nitrogens is 5. The maximum absolute atomic E-state index is 14.3. The van der Waals surface area contributed by atoms with Crippen LogP contribution >= 0.6 is 0 Å². The molecule has 0 fully saturated rings. The number of carbonyl (C=O) groups excluding carboxylic acids is 1. The van der Waals surface area contributed by atoms with Gasteiger partial charge in [0.25, 0.3) is 0 Å². The fourth-order valence-electron chi connectivity index (χ4n) is 4.69. The second-order valence-corrected chi connectivity index (χ2v) is 8.83. The highest BCUT2D eigenvalue weighted by atomic mass is 19.1. The predicted molar refractivity (Wildman–Crippen MR) is 131 cm³/mol. The van der Waals surface area contributed by atoms with Crippen LogP contribution in [0.3, 0.4) is 0 Å². The van der Waals surface area contributed by atoms with E-state index < -0.39 is 6.17 Å². The molecule has 35 heavy (non-hydrogen) atoms. The Labute approximate surface area is 200 Å². The zero-order chi connectivity index (χ0) is 24.1. The molecule has 0 radical (unpaired) electrons. The molecular weight excluding hydrogens is 449 g/mol. The molecule has 2 aliphatic rings. The minimum absolute atomic E-state index is 0.0538. The van der Waals surface area contributed by atoms with Crippen molar-refractivity contribution in [3.63, 3.8) is 0 Å². The second kappa shape index (κ2) is 8.19. The maximum atomic E-state index is 14.3.